The summed E-state index contributed by atoms with van der Waals surface area (Å²) < 4.78 is 10.7. The highest BCUT2D eigenvalue weighted by Crippen LogP contribution is 2.62. The van der Waals surface area contributed by atoms with E-state index in [4.69, 9.17) is 9.39 Å². The molecular formula is C23H30BNO5. The highest BCUT2D eigenvalue weighted by atomic mass is 16.6. The number of benzene rings is 1. The van der Waals surface area contributed by atoms with Gasteiger partial charge in [-0.3, -0.25) is 14.5 Å². The zero-order valence-electron chi connectivity index (χ0n) is 17.9. The molecular weight excluding hydrogens is 381 g/mol. The Morgan fingerprint density at radius 1 is 1.27 bits per heavy atom. The van der Waals surface area contributed by atoms with Crippen molar-refractivity contribution in [2.24, 2.45) is 29.1 Å². The van der Waals surface area contributed by atoms with Crippen LogP contribution in [0.2, 0.25) is 0 Å². The van der Waals surface area contributed by atoms with E-state index in [1.807, 2.05) is 30.3 Å². The van der Waals surface area contributed by atoms with Crippen molar-refractivity contribution in [2.75, 3.05) is 13.1 Å². The van der Waals surface area contributed by atoms with Crippen LogP contribution in [-0.2, 0) is 19.0 Å². The number of fused-ring (bicyclic) bond motifs is 2. The fourth-order valence-corrected chi connectivity index (χ4v) is 6.29. The minimum atomic E-state index is -1.35. The second-order valence-corrected chi connectivity index (χ2v) is 10.2. The van der Waals surface area contributed by atoms with Gasteiger partial charge < -0.3 is 14.4 Å². The van der Waals surface area contributed by atoms with Crippen molar-refractivity contribution in [1.82, 2.24) is 4.90 Å². The summed E-state index contributed by atoms with van der Waals surface area (Å²) in [5.41, 5.74) is 1.33. The molecule has 2 heterocycles. The molecule has 160 valence electrons. The smallest absolute Gasteiger partial charge is 0.507 e. The molecule has 3 saturated carbocycles. The van der Waals surface area contributed by atoms with Crippen molar-refractivity contribution in [2.45, 2.75) is 51.8 Å². The van der Waals surface area contributed by atoms with Gasteiger partial charge in [-0.05, 0) is 41.6 Å². The highest BCUT2D eigenvalue weighted by molar-refractivity contribution is 6.48. The standard InChI is InChI=1S/C23H30BNO5/c1-13-17-9-15(23(17,2)3)10-18(13)25-11-16(19(26)12-25)22(27)30-24(28)21-20(29-21)14-7-5-4-6-8-14/h4-8,13,15-18,20-21,28H,9-12H2,1-3H3/t13-,15+,16?,17-,18-,20+,21-/m1/s1. The lowest BCUT2D eigenvalue weighted by Gasteiger charge is -2.63. The van der Waals surface area contributed by atoms with Crippen LogP contribution in [0.25, 0.3) is 0 Å². The molecule has 1 aromatic carbocycles. The second kappa shape index (κ2) is 7.18. The number of carbonyl (C=O) groups is 2. The normalized spacial score (nSPS) is 39.3. The van der Waals surface area contributed by atoms with Crippen LogP contribution in [0.4, 0.5) is 0 Å². The largest absolute Gasteiger partial charge is 0.558 e. The summed E-state index contributed by atoms with van der Waals surface area (Å²) in [6.07, 6.45) is 2.11. The average molecular weight is 411 g/mol. The first-order valence-electron chi connectivity index (χ1n) is 11.1. The van der Waals surface area contributed by atoms with Crippen LogP contribution in [0.15, 0.2) is 30.3 Å². The Morgan fingerprint density at radius 2 is 2.00 bits per heavy atom. The van der Waals surface area contributed by atoms with Crippen molar-refractivity contribution < 1.29 is 24.0 Å². The van der Waals surface area contributed by atoms with E-state index >= 15 is 0 Å². The minimum absolute atomic E-state index is 0.103. The lowest BCUT2D eigenvalue weighted by molar-refractivity contribution is -0.144. The Bertz CT molecular complexity index is 845. The Morgan fingerprint density at radius 3 is 2.67 bits per heavy atom. The zero-order chi connectivity index (χ0) is 21.2. The quantitative estimate of drug-likeness (QED) is 0.455. The zero-order valence-corrected chi connectivity index (χ0v) is 17.9. The van der Waals surface area contributed by atoms with Crippen LogP contribution in [0, 0.1) is 29.1 Å². The van der Waals surface area contributed by atoms with Gasteiger partial charge in [-0.1, -0.05) is 51.1 Å². The van der Waals surface area contributed by atoms with Crippen molar-refractivity contribution in [3.05, 3.63) is 35.9 Å². The highest BCUT2D eigenvalue weighted by Gasteiger charge is 2.58. The van der Waals surface area contributed by atoms with E-state index in [2.05, 4.69) is 25.7 Å². The summed E-state index contributed by atoms with van der Waals surface area (Å²) in [5, 5.41) is 10.3. The fraction of sp³-hybridized carbons (Fsp3) is 0.652. The maximum absolute atomic E-state index is 12.6. The second-order valence-electron chi connectivity index (χ2n) is 10.2. The van der Waals surface area contributed by atoms with E-state index in [-0.39, 0.29) is 11.9 Å². The first-order valence-corrected chi connectivity index (χ1v) is 11.1. The number of Topliss-reactive ketones (excluding diaryl/α,β-unsaturated/α-hetero) is 1. The molecule has 7 atom stereocenters. The third kappa shape index (κ3) is 3.22. The summed E-state index contributed by atoms with van der Waals surface area (Å²) in [6, 6.07) is 9.31. The van der Waals surface area contributed by atoms with Gasteiger partial charge in [0.1, 0.15) is 18.0 Å². The summed E-state index contributed by atoms with van der Waals surface area (Å²) in [7, 11) is -1.35. The maximum atomic E-state index is 12.6. The molecule has 5 fully saturated rings. The number of epoxide rings is 1. The first kappa shape index (κ1) is 20.2. The van der Waals surface area contributed by atoms with Crippen LogP contribution in [0.1, 0.15) is 45.3 Å². The Kier molecular flexibility index (Phi) is 4.84. The van der Waals surface area contributed by atoms with Crippen LogP contribution in [0.5, 0.6) is 0 Å². The number of nitrogens with zero attached hydrogens (tertiary/aromatic N) is 1. The SMILES string of the molecule is C[C@H]1[C@H](N2CC(=O)C(C(=O)OB(O)[C@@H]3O[C@H]3c3ccccc3)C2)C[C@@H]2C[C@H]1C2(C)C. The Balaban J connectivity index is 1.17. The summed E-state index contributed by atoms with van der Waals surface area (Å²) >= 11 is 0. The van der Waals surface area contributed by atoms with Gasteiger partial charge in [-0.15, -0.1) is 0 Å². The minimum Gasteiger partial charge on any atom is -0.507 e. The summed E-state index contributed by atoms with van der Waals surface area (Å²) in [4.78, 5) is 27.4. The van der Waals surface area contributed by atoms with Gasteiger partial charge in [0.25, 0.3) is 0 Å². The van der Waals surface area contributed by atoms with E-state index in [9.17, 15) is 14.6 Å². The Labute approximate surface area is 178 Å². The molecule has 1 N–H and O–H groups in total. The van der Waals surface area contributed by atoms with Crippen LogP contribution in [-0.4, -0.2) is 53.9 Å². The number of rotatable bonds is 5. The molecule has 7 heteroatoms. The predicted octanol–water partition coefficient (Wildman–Crippen LogP) is 2.26. The molecule has 3 aliphatic carbocycles. The van der Waals surface area contributed by atoms with E-state index < -0.39 is 25.0 Å². The number of likely N-dealkylation sites (tertiary alicyclic amines) is 1. The number of hydrogen-bond acceptors (Lipinski definition) is 6. The molecule has 0 amide bonds. The molecule has 0 spiro atoms. The van der Waals surface area contributed by atoms with E-state index in [1.54, 1.807) is 0 Å². The topological polar surface area (TPSA) is 79.4 Å². The third-order valence-corrected chi connectivity index (χ3v) is 8.40. The molecule has 6 rings (SSSR count). The molecule has 1 aromatic rings. The number of ether oxygens (including phenoxy) is 1. The molecule has 30 heavy (non-hydrogen) atoms. The van der Waals surface area contributed by atoms with Gasteiger partial charge in [0.15, 0.2) is 5.78 Å². The monoisotopic (exact) mass is 411 g/mol. The van der Waals surface area contributed by atoms with Crippen molar-refractivity contribution in [3.63, 3.8) is 0 Å². The van der Waals surface area contributed by atoms with E-state index in [1.165, 1.54) is 6.42 Å². The summed E-state index contributed by atoms with van der Waals surface area (Å²) in [6.45, 7) is 7.71. The van der Waals surface area contributed by atoms with Crippen molar-refractivity contribution >= 4 is 18.9 Å². The van der Waals surface area contributed by atoms with Crippen LogP contribution in [0.3, 0.4) is 0 Å². The molecule has 6 nitrogen and oxygen atoms in total. The molecule has 2 bridgehead atoms. The van der Waals surface area contributed by atoms with E-state index in [0.717, 1.165) is 12.0 Å². The van der Waals surface area contributed by atoms with Crippen molar-refractivity contribution in [1.29, 1.82) is 0 Å². The van der Waals surface area contributed by atoms with Crippen LogP contribution >= 0.6 is 0 Å². The predicted molar refractivity (Wildman–Crippen MR) is 111 cm³/mol. The first-order chi connectivity index (χ1) is 14.3. The molecule has 2 aliphatic heterocycles. The lowest BCUT2D eigenvalue weighted by Crippen LogP contribution is -2.60. The van der Waals surface area contributed by atoms with Gasteiger partial charge >= 0.3 is 13.1 Å². The van der Waals surface area contributed by atoms with Gasteiger partial charge in [-0.2, -0.15) is 0 Å². The molecule has 5 aliphatic rings. The van der Waals surface area contributed by atoms with Gasteiger partial charge in [0.2, 0.25) is 0 Å². The Hall–Kier alpha value is -1.70. The number of ketones is 1. The van der Waals surface area contributed by atoms with Gasteiger partial charge in [0.05, 0.1) is 6.54 Å². The van der Waals surface area contributed by atoms with Gasteiger partial charge in [0, 0.05) is 12.6 Å². The fourth-order valence-electron chi connectivity index (χ4n) is 6.29. The molecule has 0 radical (unpaired) electrons. The molecule has 2 saturated heterocycles. The van der Waals surface area contributed by atoms with Crippen LogP contribution < -0.4 is 0 Å². The number of carbonyl (C=O) groups excluding carboxylic acids is 2. The lowest BCUT2D eigenvalue weighted by atomic mass is 9.44. The van der Waals surface area contributed by atoms with Crippen molar-refractivity contribution in [3.8, 4) is 0 Å². The number of hydrogen-bond donors (Lipinski definition) is 1. The summed E-state index contributed by atoms with van der Waals surface area (Å²) in [5.74, 6) is 0.358. The van der Waals surface area contributed by atoms with E-state index in [0.29, 0.717) is 42.3 Å². The maximum Gasteiger partial charge on any atom is 0.558 e. The molecule has 1 unspecified atom stereocenters. The molecule has 0 aromatic heterocycles. The average Bonchev–Trinajstić information content (AvgIpc) is 3.44. The van der Waals surface area contributed by atoms with Gasteiger partial charge in [-0.25, -0.2) is 0 Å². The third-order valence-electron chi connectivity index (χ3n) is 8.40.